The molecule has 0 amide bonds. The second kappa shape index (κ2) is 8.12. The summed E-state index contributed by atoms with van der Waals surface area (Å²) in [5.41, 5.74) is 2.79. The van der Waals surface area contributed by atoms with Gasteiger partial charge in [0.1, 0.15) is 5.82 Å². The topological polar surface area (TPSA) is 62.7 Å². The Labute approximate surface area is 159 Å². The van der Waals surface area contributed by atoms with E-state index in [1.54, 1.807) is 18.3 Å². The second-order valence-corrected chi connectivity index (χ2v) is 7.35. The number of halogens is 1. The highest BCUT2D eigenvalue weighted by Crippen LogP contribution is 2.30. The van der Waals surface area contributed by atoms with Gasteiger partial charge in [0.25, 0.3) is 0 Å². The number of hydrogen-bond donors (Lipinski definition) is 2. The van der Waals surface area contributed by atoms with Crippen molar-refractivity contribution in [2.45, 2.75) is 32.6 Å². The number of nitrogens with zero attached hydrogens (tertiary/aromatic N) is 3. The van der Waals surface area contributed by atoms with Crippen LogP contribution in [0.4, 0.5) is 21.8 Å². The Balaban J connectivity index is 1.67. The summed E-state index contributed by atoms with van der Waals surface area (Å²) in [6.45, 7) is 7.03. The second-order valence-electron chi connectivity index (χ2n) is 7.35. The van der Waals surface area contributed by atoms with Crippen molar-refractivity contribution in [2.24, 2.45) is 0 Å². The summed E-state index contributed by atoms with van der Waals surface area (Å²) in [6, 6.07) is 14.9. The van der Waals surface area contributed by atoms with Crippen molar-refractivity contribution in [2.75, 3.05) is 17.2 Å². The quantitative estimate of drug-likeness (QED) is 0.663. The van der Waals surface area contributed by atoms with Crippen molar-refractivity contribution < 1.29 is 4.39 Å². The molecule has 0 unspecified atom stereocenters. The molecule has 0 radical (unpaired) electrons. The number of hydrogen-bond acceptors (Lipinski definition) is 5. The third-order valence-electron chi connectivity index (χ3n) is 4.20. The molecule has 1 heterocycles. The van der Waals surface area contributed by atoms with Crippen LogP contribution >= 0.6 is 0 Å². The van der Waals surface area contributed by atoms with Crippen molar-refractivity contribution in [3.05, 3.63) is 71.7 Å². The first-order valence-electron chi connectivity index (χ1n) is 8.97. The van der Waals surface area contributed by atoms with Crippen LogP contribution in [0.2, 0.25) is 0 Å². The normalized spacial score (nSPS) is 11.3. The minimum atomic E-state index is -0.193. The fourth-order valence-corrected chi connectivity index (χ4v) is 2.83. The van der Waals surface area contributed by atoms with Crippen LogP contribution in [0.5, 0.6) is 0 Å². The van der Waals surface area contributed by atoms with Crippen LogP contribution in [-0.2, 0) is 11.8 Å². The minimum absolute atomic E-state index is 0.00730. The summed E-state index contributed by atoms with van der Waals surface area (Å²) in [5.74, 6) is 0.820. The number of rotatable bonds is 6. The Kier molecular flexibility index (Phi) is 5.64. The van der Waals surface area contributed by atoms with E-state index < -0.39 is 0 Å². The van der Waals surface area contributed by atoms with E-state index in [1.807, 2.05) is 24.3 Å². The Morgan fingerprint density at radius 2 is 1.74 bits per heavy atom. The molecule has 0 fully saturated rings. The van der Waals surface area contributed by atoms with Gasteiger partial charge in [-0.25, -0.2) is 4.39 Å². The molecule has 0 aliphatic rings. The molecule has 0 saturated carbocycles. The molecule has 0 aliphatic carbocycles. The van der Waals surface area contributed by atoms with E-state index in [1.165, 1.54) is 11.6 Å². The van der Waals surface area contributed by atoms with Crippen molar-refractivity contribution >= 4 is 17.5 Å². The monoisotopic (exact) mass is 365 g/mol. The molecule has 0 atom stereocenters. The molecular weight excluding hydrogens is 341 g/mol. The fourth-order valence-electron chi connectivity index (χ4n) is 2.83. The molecule has 2 aromatic carbocycles. The van der Waals surface area contributed by atoms with Crippen LogP contribution in [0.15, 0.2) is 54.7 Å². The van der Waals surface area contributed by atoms with Crippen LogP contribution < -0.4 is 10.6 Å². The summed E-state index contributed by atoms with van der Waals surface area (Å²) < 4.78 is 13.7. The Hall–Kier alpha value is -3.02. The largest absolute Gasteiger partial charge is 0.368 e. The zero-order chi connectivity index (χ0) is 19.3. The number of aromatic nitrogens is 3. The Morgan fingerprint density at radius 1 is 1.00 bits per heavy atom. The molecule has 2 N–H and O–H groups in total. The number of benzene rings is 2. The van der Waals surface area contributed by atoms with Crippen LogP contribution in [0.25, 0.3) is 0 Å². The van der Waals surface area contributed by atoms with E-state index in [9.17, 15) is 4.39 Å². The zero-order valence-corrected chi connectivity index (χ0v) is 15.8. The van der Waals surface area contributed by atoms with E-state index >= 15 is 0 Å². The standard InChI is InChI=1S/C21H24FN5/c1-21(2,3)16-9-5-7-11-18(16)25-20-26-19(14-24-27-20)23-13-12-15-8-4-6-10-17(15)22/h4-11,14H,12-13H2,1-3H3,(H2,23,25,26,27). The maximum absolute atomic E-state index is 13.7. The van der Waals surface area contributed by atoms with Crippen LogP contribution in [0.1, 0.15) is 31.9 Å². The molecule has 3 rings (SSSR count). The number of nitrogens with one attached hydrogen (secondary N) is 2. The predicted molar refractivity (Wildman–Crippen MR) is 107 cm³/mol. The Morgan fingerprint density at radius 3 is 2.52 bits per heavy atom. The van der Waals surface area contributed by atoms with Gasteiger partial charge in [-0.3, -0.25) is 0 Å². The Bertz CT molecular complexity index is 905. The van der Waals surface area contributed by atoms with Crippen molar-refractivity contribution in [3.8, 4) is 0 Å². The molecular formula is C21H24FN5. The molecule has 6 heteroatoms. The summed E-state index contributed by atoms with van der Waals surface area (Å²) in [4.78, 5) is 4.46. The van der Waals surface area contributed by atoms with Gasteiger partial charge in [0.2, 0.25) is 5.95 Å². The lowest BCUT2D eigenvalue weighted by molar-refractivity contribution is 0.592. The predicted octanol–water partition coefficient (Wildman–Crippen LogP) is 4.71. The molecule has 0 bridgehead atoms. The van der Waals surface area contributed by atoms with E-state index in [-0.39, 0.29) is 11.2 Å². The highest BCUT2D eigenvalue weighted by Gasteiger charge is 2.18. The average Bonchev–Trinajstić information content (AvgIpc) is 2.63. The van der Waals surface area contributed by atoms with Gasteiger partial charge in [-0.15, -0.1) is 5.10 Å². The first kappa shape index (κ1) is 18.8. The van der Waals surface area contributed by atoms with Crippen LogP contribution in [-0.4, -0.2) is 21.7 Å². The molecule has 0 aliphatic heterocycles. The molecule has 140 valence electrons. The third-order valence-corrected chi connectivity index (χ3v) is 4.20. The van der Waals surface area contributed by atoms with Crippen molar-refractivity contribution in [1.82, 2.24) is 15.2 Å². The van der Waals surface area contributed by atoms with E-state index in [0.29, 0.717) is 30.3 Å². The highest BCUT2D eigenvalue weighted by molar-refractivity contribution is 5.60. The highest BCUT2D eigenvalue weighted by atomic mass is 19.1. The molecule has 0 saturated heterocycles. The van der Waals surface area contributed by atoms with Crippen LogP contribution in [0.3, 0.4) is 0 Å². The number of para-hydroxylation sites is 1. The van der Waals surface area contributed by atoms with Crippen molar-refractivity contribution in [3.63, 3.8) is 0 Å². The zero-order valence-electron chi connectivity index (χ0n) is 15.8. The first-order valence-corrected chi connectivity index (χ1v) is 8.97. The van der Waals surface area contributed by atoms with Gasteiger partial charge in [0.05, 0.1) is 6.20 Å². The third kappa shape index (κ3) is 5.00. The van der Waals surface area contributed by atoms with Gasteiger partial charge in [-0.1, -0.05) is 57.2 Å². The molecule has 5 nitrogen and oxygen atoms in total. The van der Waals surface area contributed by atoms with Gasteiger partial charge in [0.15, 0.2) is 5.82 Å². The minimum Gasteiger partial charge on any atom is -0.368 e. The lowest BCUT2D eigenvalue weighted by Gasteiger charge is -2.22. The lowest BCUT2D eigenvalue weighted by atomic mass is 9.86. The summed E-state index contributed by atoms with van der Waals surface area (Å²) in [6.07, 6.45) is 2.12. The molecule has 0 spiro atoms. The maximum atomic E-state index is 13.7. The van der Waals surface area contributed by atoms with E-state index in [0.717, 1.165) is 5.69 Å². The summed E-state index contributed by atoms with van der Waals surface area (Å²) in [5, 5.41) is 14.5. The first-order chi connectivity index (χ1) is 12.9. The van der Waals surface area contributed by atoms with E-state index in [2.05, 4.69) is 52.7 Å². The smallest absolute Gasteiger partial charge is 0.249 e. The SMILES string of the molecule is CC(C)(C)c1ccccc1Nc1nncc(NCCc2ccccc2F)n1. The van der Waals surface area contributed by atoms with Gasteiger partial charge < -0.3 is 10.6 Å². The molecule has 1 aromatic heterocycles. The summed E-state index contributed by atoms with van der Waals surface area (Å²) >= 11 is 0. The average molecular weight is 365 g/mol. The summed E-state index contributed by atoms with van der Waals surface area (Å²) in [7, 11) is 0. The van der Waals surface area contributed by atoms with Crippen molar-refractivity contribution in [1.29, 1.82) is 0 Å². The lowest BCUT2D eigenvalue weighted by Crippen LogP contribution is -2.14. The van der Waals surface area contributed by atoms with E-state index in [4.69, 9.17) is 0 Å². The van der Waals surface area contributed by atoms with Gasteiger partial charge >= 0.3 is 0 Å². The van der Waals surface area contributed by atoms with Gasteiger partial charge in [0, 0.05) is 12.2 Å². The van der Waals surface area contributed by atoms with Gasteiger partial charge in [-0.2, -0.15) is 10.1 Å². The maximum Gasteiger partial charge on any atom is 0.249 e. The molecule has 27 heavy (non-hydrogen) atoms. The molecule has 3 aromatic rings. The van der Waals surface area contributed by atoms with Gasteiger partial charge in [-0.05, 0) is 35.1 Å². The van der Waals surface area contributed by atoms with Crippen LogP contribution in [0, 0.1) is 5.82 Å². The number of anilines is 3. The fraction of sp³-hybridized carbons (Fsp3) is 0.286.